The Morgan fingerprint density at radius 1 is 1.10 bits per heavy atom. The molecule has 168 valence electrons. The monoisotopic (exact) mass is 443 g/mol. The van der Waals surface area contributed by atoms with E-state index >= 15 is 0 Å². The maximum absolute atomic E-state index is 12.3. The zero-order chi connectivity index (χ0) is 22.1. The summed E-state index contributed by atoms with van der Waals surface area (Å²) >= 11 is 1.41. The maximum atomic E-state index is 12.3. The minimum atomic E-state index is -0.193. The lowest BCUT2D eigenvalue weighted by molar-refractivity contribution is -0.121. The van der Waals surface area contributed by atoms with Gasteiger partial charge in [-0.2, -0.15) is 0 Å². The molecule has 0 saturated heterocycles. The fourth-order valence-electron chi connectivity index (χ4n) is 3.97. The molecule has 31 heavy (non-hydrogen) atoms. The SMILES string of the molecule is Cc1cc(C)cc(OCc2nc(C(=O)NCCCNC(=O)CCC3CCCC3)cs2)c1. The molecule has 7 heteroatoms. The van der Waals surface area contributed by atoms with Gasteiger partial charge in [0.1, 0.15) is 23.1 Å². The lowest BCUT2D eigenvalue weighted by atomic mass is 10.0. The smallest absolute Gasteiger partial charge is 0.270 e. The molecule has 3 rings (SSSR count). The van der Waals surface area contributed by atoms with Gasteiger partial charge in [0.15, 0.2) is 0 Å². The van der Waals surface area contributed by atoms with E-state index in [1.54, 1.807) is 5.38 Å². The number of aromatic nitrogens is 1. The summed E-state index contributed by atoms with van der Waals surface area (Å²) in [6.45, 7) is 5.50. The molecule has 1 aliphatic rings. The molecule has 1 aromatic heterocycles. The number of carbonyl (C=O) groups excluding carboxylic acids is 2. The van der Waals surface area contributed by atoms with E-state index < -0.39 is 0 Å². The summed E-state index contributed by atoms with van der Waals surface area (Å²) in [6.07, 6.45) is 7.49. The Bertz CT molecular complexity index is 854. The fourth-order valence-corrected chi connectivity index (χ4v) is 4.66. The number of aryl methyl sites for hydroxylation is 2. The molecule has 0 radical (unpaired) electrons. The highest BCUT2D eigenvalue weighted by atomic mass is 32.1. The molecular formula is C24H33N3O3S. The topological polar surface area (TPSA) is 80.3 Å². The Hall–Kier alpha value is -2.41. The lowest BCUT2D eigenvalue weighted by Gasteiger charge is -2.09. The Kier molecular flexibility index (Phi) is 8.88. The van der Waals surface area contributed by atoms with E-state index in [9.17, 15) is 9.59 Å². The average Bonchev–Trinajstić information content (AvgIpc) is 3.42. The molecule has 2 N–H and O–H groups in total. The molecule has 2 amide bonds. The van der Waals surface area contributed by atoms with Gasteiger partial charge in [0.2, 0.25) is 5.91 Å². The molecule has 0 bridgehead atoms. The van der Waals surface area contributed by atoms with Crippen LogP contribution in [-0.2, 0) is 11.4 Å². The normalized spacial score (nSPS) is 13.9. The number of carbonyl (C=O) groups is 2. The number of hydrogen-bond acceptors (Lipinski definition) is 5. The zero-order valence-electron chi connectivity index (χ0n) is 18.5. The molecule has 0 spiro atoms. The number of amides is 2. The molecule has 1 fully saturated rings. The number of nitrogens with one attached hydrogen (secondary N) is 2. The van der Waals surface area contributed by atoms with Crippen molar-refractivity contribution in [1.29, 1.82) is 0 Å². The van der Waals surface area contributed by atoms with Crippen molar-refractivity contribution in [2.24, 2.45) is 5.92 Å². The standard InChI is InChI=1S/C24H33N3O3S/c1-17-12-18(2)14-20(13-17)30-15-23-27-21(16-31-23)24(29)26-11-5-10-25-22(28)9-8-19-6-3-4-7-19/h12-14,16,19H,3-11,15H2,1-2H3,(H,25,28)(H,26,29). The van der Waals surface area contributed by atoms with E-state index in [1.807, 2.05) is 26.0 Å². The highest BCUT2D eigenvalue weighted by Crippen LogP contribution is 2.28. The first kappa shape index (κ1) is 23.3. The third-order valence-electron chi connectivity index (χ3n) is 5.56. The Morgan fingerprint density at radius 3 is 2.55 bits per heavy atom. The maximum Gasteiger partial charge on any atom is 0.270 e. The second-order valence-corrected chi connectivity index (χ2v) is 9.33. The van der Waals surface area contributed by atoms with Crippen LogP contribution in [0, 0.1) is 19.8 Å². The van der Waals surface area contributed by atoms with Crippen LogP contribution in [0.15, 0.2) is 23.6 Å². The Morgan fingerprint density at radius 2 is 1.81 bits per heavy atom. The molecule has 1 saturated carbocycles. The van der Waals surface area contributed by atoms with Crippen LogP contribution < -0.4 is 15.4 Å². The largest absolute Gasteiger partial charge is 0.486 e. The van der Waals surface area contributed by atoms with Crippen molar-refractivity contribution in [3.05, 3.63) is 45.4 Å². The number of benzene rings is 1. The highest BCUT2D eigenvalue weighted by Gasteiger charge is 2.16. The number of nitrogens with zero attached hydrogens (tertiary/aromatic N) is 1. The van der Waals surface area contributed by atoms with Gasteiger partial charge in [0.25, 0.3) is 5.91 Å². The van der Waals surface area contributed by atoms with Crippen LogP contribution in [0.5, 0.6) is 5.75 Å². The quantitative estimate of drug-likeness (QED) is 0.500. The van der Waals surface area contributed by atoms with Gasteiger partial charge in [-0.3, -0.25) is 9.59 Å². The molecule has 1 aliphatic carbocycles. The van der Waals surface area contributed by atoms with Gasteiger partial charge >= 0.3 is 0 Å². The van der Waals surface area contributed by atoms with Crippen LogP contribution in [0.3, 0.4) is 0 Å². The van der Waals surface area contributed by atoms with E-state index in [0.717, 1.165) is 34.2 Å². The first-order valence-electron chi connectivity index (χ1n) is 11.2. The summed E-state index contributed by atoms with van der Waals surface area (Å²) in [5, 5.41) is 8.32. The van der Waals surface area contributed by atoms with E-state index in [4.69, 9.17) is 4.74 Å². The van der Waals surface area contributed by atoms with Crippen LogP contribution in [0.25, 0.3) is 0 Å². The van der Waals surface area contributed by atoms with Gasteiger partial charge in [-0.15, -0.1) is 11.3 Å². The molecule has 0 aliphatic heterocycles. The van der Waals surface area contributed by atoms with Crippen LogP contribution in [-0.4, -0.2) is 29.9 Å². The second-order valence-electron chi connectivity index (χ2n) is 8.39. The van der Waals surface area contributed by atoms with Gasteiger partial charge in [0.05, 0.1) is 0 Å². The van der Waals surface area contributed by atoms with Crippen molar-refractivity contribution in [2.75, 3.05) is 13.1 Å². The van der Waals surface area contributed by atoms with Crippen molar-refractivity contribution >= 4 is 23.2 Å². The highest BCUT2D eigenvalue weighted by molar-refractivity contribution is 7.09. The number of ether oxygens (including phenoxy) is 1. The minimum absolute atomic E-state index is 0.117. The average molecular weight is 444 g/mol. The summed E-state index contributed by atoms with van der Waals surface area (Å²) in [4.78, 5) is 28.5. The molecular weight excluding hydrogens is 410 g/mol. The summed E-state index contributed by atoms with van der Waals surface area (Å²) in [7, 11) is 0. The third kappa shape index (κ3) is 7.98. The number of hydrogen-bond donors (Lipinski definition) is 2. The Labute approximate surface area is 188 Å². The van der Waals surface area contributed by atoms with Crippen molar-refractivity contribution < 1.29 is 14.3 Å². The fraction of sp³-hybridized carbons (Fsp3) is 0.542. The molecule has 0 unspecified atom stereocenters. The second kappa shape index (κ2) is 11.8. The molecule has 6 nitrogen and oxygen atoms in total. The van der Waals surface area contributed by atoms with E-state index in [1.165, 1.54) is 37.0 Å². The van der Waals surface area contributed by atoms with Crippen molar-refractivity contribution in [3.63, 3.8) is 0 Å². The van der Waals surface area contributed by atoms with Crippen LogP contribution in [0.2, 0.25) is 0 Å². The molecule has 1 aromatic carbocycles. The third-order valence-corrected chi connectivity index (χ3v) is 6.38. The first-order chi connectivity index (χ1) is 15.0. The van der Waals surface area contributed by atoms with E-state index in [2.05, 4.69) is 21.7 Å². The zero-order valence-corrected chi connectivity index (χ0v) is 19.4. The predicted octanol–water partition coefficient (Wildman–Crippen LogP) is 4.55. The number of rotatable bonds is 11. The Balaban J connectivity index is 1.30. The minimum Gasteiger partial charge on any atom is -0.486 e. The predicted molar refractivity (Wildman–Crippen MR) is 124 cm³/mol. The molecule has 0 atom stereocenters. The van der Waals surface area contributed by atoms with Gasteiger partial charge in [-0.1, -0.05) is 31.7 Å². The van der Waals surface area contributed by atoms with Crippen LogP contribution in [0.1, 0.15) is 71.6 Å². The first-order valence-corrected chi connectivity index (χ1v) is 12.1. The summed E-state index contributed by atoms with van der Waals surface area (Å²) in [6, 6.07) is 6.07. The van der Waals surface area contributed by atoms with Gasteiger partial charge in [-0.05, 0) is 55.9 Å². The van der Waals surface area contributed by atoms with Crippen LogP contribution in [0.4, 0.5) is 0 Å². The summed E-state index contributed by atoms with van der Waals surface area (Å²) in [5.74, 6) is 1.47. The van der Waals surface area contributed by atoms with Crippen molar-refractivity contribution in [2.45, 2.75) is 65.4 Å². The van der Waals surface area contributed by atoms with E-state index in [0.29, 0.717) is 38.2 Å². The summed E-state index contributed by atoms with van der Waals surface area (Å²) in [5.41, 5.74) is 2.71. The van der Waals surface area contributed by atoms with Gasteiger partial charge in [-0.25, -0.2) is 4.98 Å². The van der Waals surface area contributed by atoms with E-state index in [-0.39, 0.29) is 11.8 Å². The van der Waals surface area contributed by atoms with Gasteiger partial charge < -0.3 is 15.4 Å². The molecule has 2 aromatic rings. The summed E-state index contributed by atoms with van der Waals surface area (Å²) < 4.78 is 5.81. The number of thiazole rings is 1. The lowest BCUT2D eigenvalue weighted by Crippen LogP contribution is -2.30. The van der Waals surface area contributed by atoms with Gasteiger partial charge in [0, 0.05) is 24.9 Å². The van der Waals surface area contributed by atoms with Crippen molar-refractivity contribution in [3.8, 4) is 5.75 Å². The van der Waals surface area contributed by atoms with Crippen LogP contribution >= 0.6 is 11.3 Å². The van der Waals surface area contributed by atoms with Crippen molar-refractivity contribution in [1.82, 2.24) is 15.6 Å². The molecule has 1 heterocycles.